The Bertz CT molecular complexity index is 1060. The van der Waals surface area contributed by atoms with Crippen LogP contribution in [-0.4, -0.2) is 44.6 Å². The molecule has 0 bridgehead atoms. The third kappa shape index (κ3) is 5.93. The van der Waals surface area contributed by atoms with Crippen LogP contribution in [0.3, 0.4) is 0 Å². The van der Waals surface area contributed by atoms with Gasteiger partial charge in [-0.1, -0.05) is 17.7 Å². The van der Waals surface area contributed by atoms with Gasteiger partial charge in [0.25, 0.3) is 0 Å². The van der Waals surface area contributed by atoms with E-state index in [-0.39, 0.29) is 28.1 Å². The molecule has 33 heavy (non-hydrogen) atoms. The lowest BCUT2D eigenvalue weighted by atomic mass is 10.0. The van der Waals surface area contributed by atoms with Crippen LogP contribution in [0.2, 0.25) is 5.15 Å². The summed E-state index contributed by atoms with van der Waals surface area (Å²) in [6.45, 7) is 6.92. The lowest BCUT2D eigenvalue weighted by Gasteiger charge is -2.31. The first kappa shape index (κ1) is 24.8. The number of halogens is 4. The average molecular weight is 485 g/mol. The number of alkyl halides is 3. The number of aromatic nitrogens is 2. The molecule has 1 fully saturated rings. The van der Waals surface area contributed by atoms with Crippen LogP contribution in [0.5, 0.6) is 0 Å². The monoisotopic (exact) mass is 484 g/mol. The summed E-state index contributed by atoms with van der Waals surface area (Å²) in [5, 5.41) is 2.65. The molecule has 0 radical (unpaired) electrons. The van der Waals surface area contributed by atoms with Gasteiger partial charge in [0.2, 0.25) is 5.91 Å². The van der Waals surface area contributed by atoms with Crippen molar-refractivity contribution in [3.63, 3.8) is 0 Å². The Hall–Kier alpha value is -2.88. The molecule has 2 aromatic rings. The first-order chi connectivity index (χ1) is 15.3. The van der Waals surface area contributed by atoms with E-state index in [1.807, 2.05) is 0 Å². The van der Waals surface area contributed by atoms with Crippen molar-refractivity contribution in [3.8, 4) is 11.3 Å². The lowest BCUT2D eigenvalue weighted by Crippen LogP contribution is -2.48. The molecule has 1 aliphatic heterocycles. The van der Waals surface area contributed by atoms with Gasteiger partial charge in [-0.3, -0.25) is 9.69 Å². The quantitative estimate of drug-likeness (QED) is 0.578. The molecule has 0 saturated carbocycles. The van der Waals surface area contributed by atoms with Gasteiger partial charge in [0, 0.05) is 17.7 Å². The Morgan fingerprint density at radius 2 is 1.85 bits per heavy atom. The number of nitrogens with zero attached hydrogens (tertiary/aromatic N) is 3. The van der Waals surface area contributed by atoms with E-state index in [0.717, 1.165) is 12.1 Å². The molecule has 11 heteroatoms. The van der Waals surface area contributed by atoms with Gasteiger partial charge in [-0.25, -0.2) is 14.8 Å². The van der Waals surface area contributed by atoms with Crippen molar-refractivity contribution in [3.05, 3.63) is 41.3 Å². The Morgan fingerprint density at radius 3 is 2.45 bits per heavy atom. The zero-order valence-electron chi connectivity index (χ0n) is 18.5. The molecule has 3 rings (SSSR count). The number of ether oxygens (including phenoxy) is 1. The second-order valence-electron chi connectivity index (χ2n) is 8.80. The van der Waals surface area contributed by atoms with E-state index in [9.17, 15) is 22.8 Å². The molecule has 1 saturated heterocycles. The van der Waals surface area contributed by atoms with Crippen molar-refractivity contribution in [2.75, 3.05) is 5.32 Å². The first-order valence-electron chi connectivity index (χ1n) is 10.3. The highest BCUT2D eigenvalue weighted by molar-refractivity contribution is 6.29. The van der Waals surface area contributed by atoms with Crippen LogP contribution in [0.4, 0.5) is 23.7 Å². The van der Waals surface area contributed by atoms with Crippen molar-refractivity contribution in [1.29, 1.82) is 0 Å². The smallest absolute Gasteiger partial charge is 0.416 e. The topological polar surface area (TPSA) is 84.4 Å². The summed E-state index contributed by atoms with van der Waals surface area (Å²) in [6, 6.07) is 3.15. The minimum atomic E-state index is -4.62. The Kier molecular flexibility index (Phi) is 6.88. The number of carbonyl (C=O) groups is 2. The number of nitrogens with one attached hydrogen (secondary N) is 1. The zero-order valence-corrected chi connectivity index (χ0v) is 19.3. The van der Waals surface area contributed by atoms with E-state index in [1.54, 1.807) is 27.7 Å². The molecule has 1 aromatic carbocycles. The van der Waals surface area contributed by atoms with Crippen molar-refractivity contribution >= 4 is 29.3 Å². The fourth-order valence-electron chi connectivity index (χ4n) is 3.61. The van der Waals surface area contributed by atoms with E-state index in [4.69, 9.17) is 16.3 Å². The van der Waals surface area contributed by atoms with E-state index in [2.05, 4.69) is 15.3 Å². The third-order valence-corrected chi connectivity index (χ3v) is 5.30. The first-order valence-corrected chi connectivity index (χ1v) is 10.7. The predicted octanol–water partition coefficient (Wildman–Crippen LogP) is 5.54. The molecule has 2 amide bonds. The highest BCUT2D eigenvalue weighted by Crippen LogP contribution is 2.36. The van der Waals surface area contributed by atoms with Crippen LogP contribution in [0, 0.1) is 0 Å². The molecule has 1 unspecified atom stereocenters. The van der Waals surface area contributed by atoms with Crippen LogP contribution in [0.15, 0.2) is 30.6 Å². The summed E-state index contributed by atoms with van der Waals surface area (Å²) in [7, 11) is 0. The molecule has 178 valence electrons. The largest absolute Gasteiger partial charge is 0.444 e. The zero-order chi connectivity index (χ0) is 24.6. The molecule has 2 heterocycles. The average Bonchev–Trinajstić information content (AvgIpc) is 3.07. The molecule has 1 N–H and O–H groups in total. The lowest BCUT2D eigenvalue weighted by molar-refractivity contribution is -0.137. The summed E-state index contributed by atoms with van der Waals surface area (Å²) >= 11 is 5.91. The standard InChI is InChI=1S/C22H24ClF3N4O3/c1-12-5-8-17(30(12)20(32)33-21(2,3)4)19(31)29-16-9-13(22(24,25)26)6-7-14(16)15-10-18(23)28-11-27-15/h6-7,9-12,17H,5,8H2,1-4H3,(H,29,31)/t12?,17-/m0/s1. The fourth-order valence-corrected chi connectivity index (χ4v) is 3.75. The van der Waals surface area contributed by atoms with E-state index in [1.165, 1.54) is 23.4 Å². The van der Waals surface area contributed by atoms with Gasteiger partial charge in [-0.05, 0) is 52.7 Å². The molecule has 0 aliphatic carbocycles. The van der Waals surface area contributed by atoms with Crippen LogP contribution in [-0.2, 0) is 15.7 Å². The number of anilines is 1. The Balaban J connectivity index is 1.95. The third-order valence-electron chi connectivity index (χ3n) is 5.09. The molecule has 7 nitrogen and oxygen atoms in total. The number of benzene rings is 1. The molecule has 2 atom stereocenters. The maximum atomic E-state index is 13.4. The van der Waals surface area contributed by atoms with Crippen molar-refractivity contribution in [1.82, 2.24) is 14.9 Å². The SMILES string of the molecule is CC1CC[C@@H](C(=O)Nc2cc(C(F)(F)F)ccc2-c2cc(Cl)ncn2)N1C(=O)OC(C)(C)C. The molecular formula is C22H24ClF3N4O3. The van der Waals surface area contributed by atoms with Gasteiger partial charge >= 0.3 is 12.3 Å². The molecule has 1 aliphatic rings. The number of likely N-dealkylation sites (tertiary alicyclic amines) is 1. The maximum absolute atomic E-state index is 13.4. The van der Waals surface area contributed by atoms with E-state index >= 15 is 0 Å². The van der Waals surface area contributed by atoms with Gasteiger partial charge in [-0.15, -0.1) is 0 Å². The highest BCUT2D eigenvalue weighted by atomic mass is 35.5. The molecule has 0 spiro atoms. The normalized spacial score (nSPS) is 18.8. The van der Waals surface area contributed by atoms with E-state index in [0.29, 0.717) is 12.8 Å². The maximum Gasteiger partial charge on any atom is 0.416 e. The highest BCUT2D eigenvalue weighted by Gasteiger charge is 2.41. The minimum Gasteiger partial charge on any atom is -0.444 e. The predicted molar refractivity (Wildman–Crippen MR) is 117 cm³/mol. The van der Waals surface area contributed by atoms with Gasteiger partial charge in [-0.2, -0.15) is 13.2 Å². The number of amides is 2. The minimum absolute atomic E-state index is 0.0953. The van der Waals surface area contributed by atoms with Crippen LogP contribution < -0.4 is 5.32 Å². The van der Waals surface area contributed by atoms with Gasteiger partial charge < -0.3 is 10.1 Å². The second kappa shape index (κ2) is 9.17. The number of hydrogen-bond acceptors (Lipinski definition) is 5. The fraction of sp³-hybridized carbons (Fsp3) is 0.455. The number of rotatable bonds is 3. The summed E-state index contributed by atoms with van der Waals surface area (Å²) < 4.78 is 45.5. The van der Waals surface area contributed by atoms with Crippen molar-refractivity contribution in [2.45, 2.75) is 64.4 Å². The van der Waals surface area contributed by atoms with Gasteiger partial charge in [0.05, 0.1) is 16.9 Å². The summed E-state index contributed by atoms with van der Waals surface area (Å²) in [5.74, 6) is -0.620. The summed E-state index contributed by atoms with van der Waals surface area (Å²) in [5.41, 5.74) is -1.34. The van der Waals surface area contributed by atoms with Crippen molar-refractivity contribution in [2.24, 2.45) is 0 Å². The Labute approximate surface area is 194 Å². The summed E-state index contributed by atoms with van der Waals surface area (Å²) in [4.78, 5) is 35.0. The van der Waals surface area contributed by atoms with Gasteiger partial charge in [0.1, 0.15) is 23.1 Å². The van der Waals surface area contributed by atoms with Crippen LogP contribution >= 0.6 is 11.6 Å². The van der Waals surface area contributed by atoms with Gasteiger partial charge in [0.15, 0.2) is 0 Å². The molecular weight excluding hydrogens is 461 g/mol. The second-order valence-corrected chi connectivity index (χ2v) is 9.19. The van der Waals surface area contributed by atoms with Crippen LogP contribution in [0.25, 0.3) is 11.3 Å². The van der Waals surface area contributed by atoms with E-state index < -0.39 is 35.4 Å². The number of hydrogen-bond donors (Lipinski definition) is 1. The molecule has 1 aromatic heterocycles. The number of carbonyl (C=O) groups excluding carboxylic acids is 2. The van der Waals surface area contributed by atoms with Crippen molar-refractivity contribution < 1.29 is 27.5 Å². The Morgan fingerprint density at radius 1 is 1.15 bits per heavy atom. The summed E-state index contributed by atoms with van der Waals surface area (Å²) in [6.07, 6.45) is -3.21. The van der Waals surface area contributed by atoms with Crippen LogP contribution in [0.1, 0.15) is 46.1 Å².